The largest absolute Gasteiger partial charge is 0.497 e. The minimum atomic E-state index is -0.00659. The fraction of sp³-hybridized carbons (Fsp3) is 0.200. The first-order valence-electron chi connectivity index (χ1n) is 8.05. The van der Waals surface area contributed by atoms with Crippen LogP contribution in [0.5, 0.6) is 5.75 Å². The quantitative estimate of drug-likeness (QED) is 0.730. The third-order valence-electron chi connectivity index (χ3n) is 3.81. The third-order valence-corrected chi connectivity index (χ3v) is 4.82. The van der Waals surface area contributed by atoms with E-state index >= 15 is 0 Å². The highest BCUT2D eigenvalue weighted by Gasteiger charge is 2.06. The van der Waals surface area contributed by atoms with E-state index in [0.29, 0.717) is 13.0 Å². The Bertz CT molecular complexity index is 856. The van der Waals surface area contributed by atoms with E-state index in [1.165, 1.54) is 0 Å². The fourth-order valence-electron chi connectivity index (χ4n) is 2.48. The van der Waals surface area contributed by atoms with Gasteiger partial charge < -0.3 is 10.1 Å². The zero-order valence-corrected chi connectivity index (χ0v) is 15.1. The average Bonchev–Trinajstić information content (AvgIpc) is 3.07. The molecular formula is C20H20N2O2S. The zero-order chi connectivity index (χ0) is 17.6. The minimum Gasteiger partial charge on any atom is -0.497 e. The van der Waals surface area contributed by atoms with Gasteiger partial charge in [-0.05, 0) is 30.2 Å². The summed E-state index contributed by atoms with van der Waals surface area (Å²) in [4.78, 5) is 16.6. The van der Waals surface area contributed by atoms with Crippen LogP contribution < -0.4 is 10.1 Å². The van der Waals surface area contributed by atoms with Crippen molar-refractivity contribution in [2.24, 2.45) is 0 Å². The summed E-state index contributed by atoms with van der Waals surface area (Å²) < 4.78 is 5.18. The fourth-order valence-corrected chi connectivity index (χ4v) is 3.29. The number of ether oxygens (including phenoxy) is 1. The van der Waals surface area contributed by atoms with Gasteiger partial charge in [-0.3, -0.25) is 4.79 Å². The van der Waals surface area contributed by atoms with Gasteiger partial charge in [0.2, 0.25) is 5.91 Å². The average molecular weight is 352 g/mol. The lowest BCUT2D eigenvalue weighted by Gasteiger charge is -2.07. The Kier molecular flexibility index (Phi) is 5.46. The van der Waals surface area contributed by atoms with Crippen molar-refractivity contribution in [1.82, 2.24) is 10.3 Å². The molecule has 0 unspecified atom stereocenters. The van der Waals surface area contributed by atoms with E-state index in [4.69, 9.17) is 4.74 Å². The van der Waals surface area contributed by atoms with Crippen LogP contribution in [0.1, 0.15) is 16.8 Å². The maximum atomic E-state index is 12.1. The van der Waals surface area contributed by atoms with Crippen LogP contribution >= 0.6 is 11.3 Å². The van der Waals surface area contributed by atoms with E-state index in [0.717, 1.165) is 33.1 Å². The Labute approximate surface area is 151 Å². The monoisotopic (exact) mass is 352 g/mol. The van der Waals surface area contributed by atoms with E-state index < -0.39 is 0 Å². The molecule has 1 N–H and O–H groups in total. The van der Waals surface area contributed by atoms with Crippen LogP contribution in [0.4, 0.5) is 0 Å². The summed E-state index contributed by atoms with van der Waals surface area (Å²) in [6.07, 6.45) is 0.341. The number of nitrogens with one attached hydrogen (secondary N) is 1. The van der Waals surface area contributed by atoms with Gasteiger partial charge in [-0.1, -0.05) is 36.4 Å². The van der Waals surface area contributed by atoms with Gasteiger partial charge in [0.05, 0.1) is 13.5 Å². The predicted molar refractivity (Wildman–Crippen MR) is 101 cm³/mol. The normalized spacial score (nSPS) is 10.5. The summed E-state index contributed by atoms with van der Waals surface area (Å²) in [6, 6.07) is 15.7. The van der Waals surface area contributed by atoms with E-state index in [1.807, 2.05) is 60.8 Å². The number of carbonyl (C=O) groups is 1. The number of aryl methyl sites for hydroxylation is 1. The molecule has 0 saturated heterocycles. The number of hydrogen-bond acceptors (Lipinski definition) is 4. The Balaban J connectivity index is 1.55. The van der Waals surface area contributed by atoms with E-state index in [-0.39, 0.29) is 5.91 Å². The molecule has 3 rings (SSSR count). The van der Waals surface area contributed by atoms with Crippen LogP contribution in [0.15, 0.2) is 53.9 Å². The second-order valence-electron chi connectivity index (χ2n) is 5.80. The maximum Gasteiger partial charge on any atom is 0.224 e. The van der Waals surface area contributed by atoms with Gasteiger partial charge in [0, 0.05) is 23.2 Å². The molecule has 2 aromatic carbocycles. The molecule has 25 heavy (non-hydrogen) atoms. The van der Waals surface area contributed by atoms with Crippen LogP contribution in [0, 0.1) is 6.92 Å². The van der Waals surface area contributed by atoms with Crippen molar-refractivity contribution in [3.8, 4) is 16.3 Å². The van der Waals surface area contributed by atoms with Crippen molar-refractivity contribution < 1.29 is 9.53 Å². The Hall–Kier alpha value is -2.66. The number of thiazole rings is 1. The van der Waals surface area contributed by atoms with E-state index in [1.54, 1.807) is 18.4 Å². The summed E-state index contributed by atoms with van der Waals surface area (Å²) in [5, 5.41) is 6.02. The van der Waals surface area contributed by atoms with Gasteiger partial charge in [0.15, 0.2) is 0 Å². The molecule has 1 heterocycles. The van der Waals surface area contributed by atoms with Gasteiger partial charge in [0.25, 0.3) is 0 Å². The molecule has 0 radical (unpaired) electrons. The van der Waals surface area contributed by atoms with Crippen LogP contribution in [-0.2, 0) is 17.8 Å². The lowest BCUT2D eigenvalue weighted by atomic mass is 10.1. The van der Waals surface area contributed by atoms with Crippen molar-refractivity contribution in [3.05, 3.63) is 70.7 Å². The first-order valence-corrected chi connectivity index (χ1v) is 8.93. The maximum absolute atomic E-state index is 12.1. The number of methoxy groups -OCH3 is 1. The van der Waals surface area contributed by atoms with Crippen LogP contribution in [0.2, 0.25) is 0 Å². The summed E-state index contributed by atoms with van der Waals surface area (Å²) in [6.45, 7) is 2.51. The molecule has 0 aliphatic rings. The predicted octanol–water partition coefficient (Wildman–Crippen LogP) is 3.99. The van der Waals surface area contributed by atoms with E-state index in [9.17, 15) is 4.79 Å². The molecular weight excluding hydrogens is 332 g/mol. The molecule has 0 atom stereocenters. The number of benzene rings is 2. The summed E-state index contributed by atoms with van der Waals surface area (Å²) in [5.74, 6) is 0.756. The standard InChI is InChI=1S/C20H20N2O2S/c1-14-13-25-20(22-14)17-8-6-15(7-9-17)12-21-19(23)11-16-4-3-5-18(10-16)24-2/h3-10,13H,11-12H2,1-2H3,(H,21,23). The summed E-state index contributed by atoms with van der Waals surface area (Å²) in [7, 11) is 1.62. The lowest BCUT2D eigenvalue weighted by molar-refractivity contribution is -0.120. The van der Waals surface area contributed by atoms with Crippen molar-refractivity contribution >= 4 is 17.2 Å². The second-order valence-corrected chi connectivity index (χ2v) is 6.65. The molecule has 5 heteroatoms. The highest BCUT2D eigenvalue weighted by atomic mass is 32.1. The van der Waals surface area contributed by atoms with Crippen molar-refractivity contribution in [3.63, 3.8) is 0 Å². The van der Waals surface area contributed by atoms with Gasteiger partial charge in [-0.15, -0.1) is 11.3 Å². The molecule has 0 aliphatic heterocycles. The summed E-state index contributed by atoms with van der Waals surface area (Å²) >= 11 is 1.64. The summed E-state index contributed by atoms with van der Waals surface area (Å²) in [5.41, 5.74) is 4.14. The molecule has 3 aromatic rings. The van der Waals surface area contributed by atoms with Crippen molar-refractivity contribution in [2.75, 3.05) is 7.11 Å². The number of hydrogen-bond donors (Lipinski definition) is 1. The molecule has 0 bridgehead atoms. The number of aromatic nitrogens is 1. The molecule has 0 aliphatic carbocycles. The number of nitrogens with zero attached hydrogens (tertiary/aromatic N) is 1. The van der Waals surface area contributed by atoms with Crippen LogP contribution in [0.25, 0.3) is 10.6 Å². The van der Waals surface area contributed by atoms with Crippen molar-refractivity contribution in [1.29, 1.82) is 0 Å². The Morgan fingerprint density at radius 3 is 2.64 bits per heavy atom. The molecule has 0 saturated carbocycles. The zero-order valence-electron chi connectivity index (χ0n) is 14.3. The molecule has 1 aromatic heterocycles. The smallest absolute Gasteiger partial charge is 0.224 e. The molecule has 0 fully saturated rings. The molecule has 128 valence electrons. The SMILES string of the molecule is COc1cccc(CC(=O)NCc2ccc(-c3nc(C)cs3)cc2)c1. The minimum absolute atomic E-state index is 0.00659. The molecule has 4 nitrogen and oxygen atoms in total. The van der Waals surface area contributed by atoms with Crippen LogP contribution in [0.3, 0.4) is 0 Å². The lowest BCUT2D eigenvalue weighted by Crippen LogP contribution is -2.24. The number of amides is 1. The molecule has 0 spiro atoms. The van der Waals surface area contributed by atoms with Gasteiger partial charge in [-0.2, -0.15) is 0 Å². The Morgan fingerprint density at radius 1 is 1.16 bits per heavy atom. The van der Waals surface area contributed by atoms with Crippen molar-refractivity contribution in [2.45, 2.75) is 19.9 Å². The Morgan fingerprint density at radius 2 is 1.96 bits per heavy atom. The first kappa shape index (κ1) is 17.2. The molecule has 1 amide bonds. The van der Waals surface area contributed by atoms with Gasteiger partial charge in [-0.25, -0.2) is 4.98 Å². The van der Waals surface area contributed by atoms with Crippen LogP contribution in [-0.4, -0.2) is 18.0 Å². The second kappa shape index (κ2) is 7.94. The number of rotatable bonds is 6. The first-order chi connectivity index (χ1) is 12.1. The highest BCUT2D eigenvalue weighted by molar-refractivity contribution is 7.13. The van der Waals surface area contributed by atoms with Gasteiger partial charge >= 0.3 is 0 Å². The third kappa shape index (κ3) is 4.67. The highest BCUT2D eigenvalue weighted by Crippen LogP contribution is 2.23. The van der Waals surface area contributed by atoms with Gasteiger partial charge in [0.1, 0.15) is 10.8 Å². The number of carbonyl (C=O) groups excluding carboxylic acids is 1. The van der Waals surface area contributed by atoms with E-state index in [2.05, 4.69) is 10.3 Å². The topological polar surface area (TPSA) is 51.2 Å².